The molecule has 0 radical (unpaired) electrons. The molecule has 3 aromatic rings. The third-order valence-corrected chi connectivity index (χ3v) is 3.98. The van der Waals surface area contributed by atoms with Gasteiger partial charge in [0.15, 0.2) is 11.5 Å². The smallest absolute Gasteiger partial charge is 0.276 e. The maximum absolute atomic E-state index is 12.4. The zero-order valence-electron chi connectivity index (χ0n) is 12.3. The predicted molar refractivity (Wildman–Crippen MR) is 82.6 cm³/mol. The van der Waals surface area contributed by atoms with Crippen LogP contribution >= 0.6 is 0 Å². The van der Waals surface area contributed by atoms with Gasteiger partial charge in [-0.2, -0.15) is 0 Å². The van der Waals surface area contributed by atoms with E-state index in [1.165, 1.54) is 5.56 Å². The van der Waals surface area contributed by atoms with Crippen LogP contribution in [0.15, 0.2) is 59.5 Å². The first-order valence-corrected chi connectivity index (χ1v) is 7.38. The lowest BCUT2D eigenvalue weighted by molar-refractivity contribution is 0.0591. The number of carbonyl (C=O) groups excluding carboxylic acids is 1. The first-order chi connectivity index (χ1) is 11.3. The van der Waals surface area contributed by atoms with Gasteiger partial charge in [0.25, 0.3) is 5.91 Å². The molecule has 0 atom stereocenters. The van der Waals surface area contributed by atoms with Crippen LogP contribution in [0.4, 0.5) is 0 Å². The van der Waals surface area contributed by atoms with Crippen molar-refractivity contribution in [3.8, 4) is 11.5 Å². The number of hydrogen-bond acceptors (Lipinski definition) is 5. The number of carbonyl (C=O) groups is 1. The number of aromatic nitrogens is 3. The summed E-state index contributed by atoms with van der Waals surface area (Å²) in [7, 11) is 0. The highest BCUT2D eigenvalue weighted by Crippen LogP contribution is 2.28. The Balaban J connectivity index is 1.44. The minimum Gasteiger partial charge on any atom is -0.354 e. The third-order valence-electron chi connectivity index (χ3n) is 3.98. The molecule has 0 saturated carbocycles. The van der Waals surface area contributed by atoms with Gasteiger partial charge in [-0.05, 0) is 5.56 Å². The van der Waals surface area contributed by atoms with Gasteiger partial charge in [0, 0.05) is 37.5 Å². The summed E-state index contributed by atoms with van der Waals surface area (Å²) in [5.41, 5.74) is 2.12. The zero-order valence-corrected chi connectivity index (χ0v) is 12.3. The molecule has 2 aromatic heterocycles. The summed E-state index contributed by atoms with van der Waals surface area (Å²) in [4.78, 5) is 22.3. The zero-order chi connectivity index (χ0) is 15.6. The van der Waals surface area contributed by atoms with E-state index in [1.807, 2.05) is 18.2 Å². The molecule has 1 amide bonds. The monoisotopic (exact) mass is 306 g/mol. The Kier molecular flexibility index (Phi) is 3.34. The van der Waals surface area contributed by atoms with E-state index in [-0.39, 0.29) is 5.91 Å². The number of rotatable bonds is 3. The largest absolute Gasteiger partial charge is 0.354 e. The van der Waals surface area contributed by atoms with Crippen LogP contribution in [-0.4, -0.2) is 39.0 Å². The summed E-state index contributed by atoms with van der Waals surface area (Å²) >= 11 is 0. The fraction of sp³-hybridized carbons (Fsp3) is 0.176. The Morgan fingerprint density at radius 1 is 1.17 bits per heavy atom. The van der Waals surface area contributed by atoms with E-state index < -0.39 is 0 Å². The number of hydrogen-bond donors (Lipinski definition) is 0. The lowest BCUT2D eigenvalue weighted by Gasteiger charge is -2.39. The van der Waals surface area contributed by atoms with Crippen molar-refractivity contribution >= 4 is 5.91 Å². The van der Waals surface area contributed by atoms with Crippen molar-refractivity contribution in [1.82, 2.24) is 20.0 Å². The molecule has 1 fully saturated rings. The van der Waals surface area contributed by atoms with Gasteiger partial charge in [-0.15, -0.1) is 0 Å². The topological polar surface area (TPSA) is 72.1 Å². The number of amides is 1. The molecule has 6 heteroatoms. The molecule has 1 saturated heterocycles. The molecule has 1 aromatic carbocycles. The highest BCUT2D eigenvalue weighted by molar-refractivity contribution is 5.93. The molecule has 23 heavy (non-hydrogen) atoms. The molecule has 6 nitrogen and oxygen atoms in total. The molecule has 0 spiro atoms. The molecule has 0 unspecified atom stereocenters. The van der Waals surface area contributed by atoms with Gasteiger partial charge in [0.05, 0.1) is 6.20 Å². The van der Waals surface area contributed by atoms with Gasteiger partial charge in [-0.1, -0.05) is 35.5 Å². The van der Waals surface area contributed by atoms with Crippen LogP contribution in [0.5, 0.6) is 0 Å². The fourth-order valence-electron chi connectivity index (χ4n) is 2.67. The lowest BCUT2D eigenvalue weighted by atomic mass is 9.91. The Morgan fingerprint density at radius 2 is 2.00 bits per heavy atom. The second kappa shape index (κ2) is 5.64. The molecular weight excluding hydrogens is 292 g/mol. The number of nitrogens with zero attached hydrogens (tertiary/aromatic N) is 4. The summed E-state index contributed by atoms with van der Waals surface area (Å²) in [6.45, 7) is 1.41. The summed E-state index contributed by atoms with van der Waals surface area (Å²) in [5, 5.41) is 3.86. The number of benzene rings is 1. The van der Waals surface area contributed by atoms with Crippen LogP contribution in [0.1, 0.15) is 22.0 Å². The molecule has 1 aliphatic heterocycles. The Hall–Kier alpha value is -3.02. The van der Waals surface area contributed by atoms with Crippen LogP contribution in [0.3, 0.4) is 0 Å². The van der Waals surface area contributed by atoms with E-state index in [4.69, 9.17) is 4.52 Å². The summed E-state index contributed by atoms with van der Waals surface area (Å²) < 4.78 is 5.20. The molecule has 0 N–H and O–H groups in total. The quantitative estimate of drug-likeness (QED) is 0.743. The van der Waals surface area contributed by atoms with E-state index in [0.29, 0.717) is 36.2 Å². The van der Waals surface area contributed by atoms with E-state index in [0.717, 1.165) is 0 Å². The fourth-order valence-corrected chi connectivity index (χ4v) is 2.67. The first kappa shape index (κ1) is 13.6. The van der Waals surface area contributed by atoms with Crippen LogP contribution < -0.4 is 0 Å². The third kappa shape index (κ3) is 2.59. The van der Waals surface area contributed by atoms with Gasteiger partial charge in [-0.3, -0.25) is 9.78 Å². The predicted octanol–water partition coefficient (Wildman–Crippen LogP) is 2.37. The molecule has 0 aliphatic carbocycles. The average molecular weight is 306 g/mol. The Labute approximate surface area is 132 Å². The van der Waals surface area contributed by atoms with Gasteiger partial charge < -0.3 is 9.42 Å². The molecule has 0 bridgehead atoms. The van der Waals surface area contributed by atoms with Crippen molar-refractivity contribution in [2.75, 3.05) is 13.1 Å². The Bertz CT molecular complexity index is 811. The minimum atomic E-state index is -0.115. The molecule has 114 valence electrons. The second-order valence-electron chi connectivity index (χ2n) is 5.48. The van der Waals surface area contributed by atoms with Crippen molar-refractivity contribution in [3.63, 3.8) is 0 Å². The number of likely N-dealkylation sites (tertiary alicyclic amines) is 1. The van der Waals surface area contributed by atoms with Crippen molar-refractivity contribution < 1.29 is 9.32 Å². The van der Waals surface area contributed by atoms with Gasteiger partial charge in [0.1, 0.15) is 5.69 Å². The van der Waals surface area contributed by atoms with E-state index >= 15 is 0 Å². The van der Waals surface area contributed by atoms with Crippen LogP contribution in [0, 0.1) is 0 Å². The highest BCUT2D eigenvalue weighted by atomic mass is 16.5. The maximum atomic E-state index is 12.4. The van der Waals surface area contributed by atoms with E-state index in [1.54, 1.807) is 29.6 Å². The first-order valence-electron chi connectivity index (χ1n) is 7.38. The minimum absolute atomic E-state index is 0.115. The average Bonchev–Trinajstić information content (AvgIpc) is 3.05. The van der Waals surface area contributed by atoms with Gasteiger partial charge >= 0.3 is 0 Å². The normalized spacial score (nSPS) is 14.5. The molecule has 1 aliphatic rings. The van der Waals surface area contributed by atoms with Crippen LogP contribution in [0.25, 0.3) is 11.5 Å². The standard InChI is InChI=1S/C17H14N4O2/c22-17(21-10-13(11-21)12-4-2-1-3-5-12)14-8-16(23-20-14)15-9-18-6-7-19-15/h1-9,13H,10-11H2. The van der Waals surface area contributed by atoms with Crippen molar-refractivity contribution in [2.24, 2.45) is 0 Å². The van der Waals surface area contributed by atoms with Gasteiger partial charge in [0.2, 0.25) is 0 Å². The van der Waals surface area contributed by atoms with Crippen molar-refractivity contribution in [3.05, 3.63) is 66.2 Å². The van der Waals surface area contributed by atoms with Crippen molar-refractivity contribution in [2.45, 2.75) is 5.92 Å². The Morgan fingerprint density at radius 3 is 2.74 bits per heavy atom. The highest BCUT2D eigenvalue weighted by Gasteiger charge is 2.33. The summed E-state index contributed by atoms with van der Waals surface area (Å²) in [5.74, 6) is 0.726. The van der Waals surface area contributed by atoms with E-state index in [2.05, 4.69) is 27.3 Å². The second-order valence-corrected chi connectivity index (χ2v) is 5.48. The molecule has 3 heterocycles. The molecular formula is C17H14N4O2. The van der Waals surface area contributed by atoms with Crippen LogP contribution in [-0.2, 0) is 0 Å². The van der Waals surface area contributed by atoms with Crippen LogP contribution in [0.2, 0.25) is 0 Å². The summed E-state index contributed by atoms with van der Waals surface area (Å²) in [6, 6.07) is 11.8. The molecule has 4 rings (SSSR count). The summed E-state index contributed by atoms with van der Waals surface area (Å²) in [6.07, 6.45) is 4.72. The van der Waals surface area contributed by atoms with Gasteiger partial charge in [-0.25, -0.2) is 4.98 Å². The lowest BCUT2D eigenvalue weighted by Crippen LogP contribution is -2.48. The maximum Gasteiger partial charge on any atom is 0.276 e. The SMILES string of the molecule is O=C(c1cc(-c2cnccn2)on1)N1CC(c2ccccc2)C1. The van der Waals surface area contributed by atoms with E-state index in [9.17, 15) is 4.79 Å². The van der Waals surface area contributed by atoms with Crippen molar-refractivity contribution in [1.29, 1.82) is 0 Å².